The summed E-state index contributed by atoms with van der Waals surface area (Å²) in [5, 5.41) is 8.82. The summed E-state index contributed by atoms with van der Waals surface area (Å²) in [5.41, 5.74) is 5.41. The molecule has 0 atom stereocenters. The second-order valence-electron chi connectivity index (χ2n) is 4.39. The maximum atomic E-state index is 12.1. The van der Waals surface area contributed by atoms with Crippen LogP contribution in [0.25, 0.3) is 0 Å². The second-order valence-corrected chi connectivity index (χ2v) is 6.13. The van der Waals surface area contributed by atoms with Gasteiger partial charge in [0.1, 0.15) is 16.4 Å². The minimum Gasteiger partial charge on any atom is -0.478 e. The molecule has 1 aromatic heterocycles. The number of hydrogen-bond acceptors (Lipinski definition) is 5. The van der Waals surface area contributed by atoms with Crippen molar-refractivity contribution < 1.29 is 22.7 Å². The largest absolute Gasteiger partial charge is 0.478 e. The molecule has 0 aliphatic carbocycles. The Morgan fingerprint density at radius 1 is 1.33 bits per heavy atom. The molecule has 0 radical (unpaired) electrons. The fraction of sp³-hybridized carbons (Fsp3) is 0.154. The molecule has 0 saturated heterocycles. The Kier molecular flexibility index (Phi) is 4.01. The average Bonchev–Trinajstić information content (AvgIpc) is 2.82. The van der Waals surface area contributed by atoms with Gasteiger partial charge in [0, 0.05) is 0 Å². The molecule has 0 saturated carbocycles. The summed E-state index contributed by atoms with van der Waals surface area (Å²) in [6.07, 6.45) is 0. The predicted octanol–water partition coefficient (Wildman–Crippen LogP) is 1.35. The van der Waals surface area contributed by atoms with E-state index in [1.165, 1.54) is 6.07 Å². The zero-order valence-electron chi connectivity index (χ0n) is 11.2. The van der Waals surface area contributed by atoms with Gasteiger partial charge < -0.3 is 15.3 Å². The van der Waals surface area contributed by atoms with E-state index in [1.54, 1.807) is 19.1 Å². The number of hydrogen-bond donors (Lipinski definition) is 3. The predicted molar refractivity (Wildman–Crippen MR) is 75.3 cm³/mol. The molecule has 0 bridgehead atoms. The van der Waals surface area contributed by atoms with Crippen molar-refractivity contribution in [2.45, 2.75) is 18.4 Å². The quantitative estimate of drug-likeness (QED) is 0.716. The summed E-state index contributed by atoms with van der Waals surface area (Å²) >= 11 is 0. The zero-order valence-corrected chi connectivity index (χ0v) is 12.0. The van der Waals surface area contributed by atoms with E-state index in [-0.39, 0.29) is 22.7 Å². The number of aryl methyl sites for hydroxylation is 1. The van der Waals surface area contributed by atoms with Crippen LogP contribution < -0.4 is 10.5 Å². The maximum Gasteiger partial charge on any atom is 0.335 e. The molecule has 0 aliphatic heterocycles. The third kappa shape index (κ3) is 3.41. The van der Waals surface area contributed by atoms with Crippen molar-refractivity contribution in [3.63, 3.8) is 0 Å². The summed E-state index contributed by atoms with van der Waals surface area (Å²) in [7, 11) is -3.85. The van der Waals surface area contributed by atoms with Crippen LogP contribution >= 0.6 is 0 Å². The van der Waals surface area contributed by atoms with E-state index in [0.29, 0.717) is 11.5 Å². The first-order valence-electron chi connectivity index (χ1n) is 5.97. The average molecular weight is 310 g/mol. The Morgan fingerprint density at radius 2 is 2.05 bits per heavy atom. The SMILES string of the molecule is Cc1ccc(CNS(=O)(=O)c2ccc(C(=O)O)cc2N)o1. The third-order valence-corrected chi connectivity index (χ3v) is 4.25. The highest BCUT2D eigenvalue weighted by molar-refractivity contribution is 7.89. The van der Waals surface area contributed by atoms with Crippen molar-refractivity contribution in [2.24, 2.45) is 0 Å². The topological polar surface area (TPSA) is 123 Å². The molecule has 0 fully saturated rings. The molecule has 1 heterocycles. The number of sulfonamides is 1. The zero-order chi connectivity index (χ0) is 15.6. The van der Waals surface area contributed by atoms with Gasteiger partial charge in [-0.1, -0.05) is 0 Å². The minimum atomic E-state index is -3.85. The first kappa shape index (κ1) is 15.1. The van der Waals surface area contributed by atoms with Crippen molar-refractivity contribution in [1.82, 2.24) is 4.72 Å². The van der Waals surface area contributed by atoms with Crippen molar-refractivity contribution in [2.75, 3.05) is 5.73 Å². The van der Waals surface area contributed by atoms with Crippen LogP contribution in [0, 0.1) is 6.92 Å². The van der Waals surface area contributed by atoms with E-state index >= 15 is 0 Å². The molecule has 0 aliphatic rings. The lowest BCUT2D eigenvalue weighted by Crippen LogP contribution is -2.24. The van der Waals surface area contributed by atoms with Crippen LogP contribution in [0.15, 0.2) is 39.6 Å². The Balaban J connectivity index is 2.21. The summed E-state index contributed by atoms with van der Waals surface area (Å²) in [5.74, 6) is -0.0315. The highest BCUT2D eigenvalue weighted by Gasteiger charge is 2.19. The molecule has 4 N–H and O–H groups in total. The van der Waals surface area contributed by atoms with Crippen LogP contribution in [0.4, 0.5) is 5.69 Å². The van der Waals surface area contributed by atoms with Crippen molar-refractivity contribution >= 4 is 21.7 Å². The third-order valence-electron chi connectivity index (χ3n) is 2.78. The number of nitrogens with one attached hydrogen (secondary N) is 1. The number of carboxylic acid groups (broad SMARTS) is 1. The number of carbonyl (C=O) groups is 1. The van der Waals surface area contributed by atoms with Gasteiger partial charge in [0.2, 0.25) is 10.0 Å². The smallest absolute Gasteiger partial charge is 0.335 e. The number of rotatable bonds is 5. The molecule has 8 heteroatoms. The number of benzene rings is 1. The minimum absolute atomic E-state index is 0.0176. The first-order chi connectivity index (χ1) is 9.79. The Labute approximate surface area is 121 Å². The molecule has 1 aromatic carbocycles. The second kappa shape index (κ2) is 5.58. The lowest BCUT2D eigenvalue weighted by atomic mass is 10.2. The van der Waals surface area contributed by atoms with Crippen LogP contribution in [0.5, 0.6) is 0 Å². The van der Waals surface area contributed by atoms with Gasteiger partial charge in [-0.15, -0.1) is 0 Å². The Hall–Kier alpha value is -2.32. The number of furan rings is 1. The normalized spacial score (nSPS) is 11.5. The van der Waals surface area contributed by atoms with Gasteiger partial charge in [0.25, 0.3) is 0 Å². The first-order valence-corrected chi connectivity index (χ1v) is 7.46. The van der Waals surface area contributed by atoms with Crippen LogP contribution in [-0.2, 0) is 16.6 Å². The lowest BCUT2D eigenvalue weighted by molar-refractivity contribution is 0.0697. The summed E-state index contributed by atoms with van der Waals surface area (Å²) in [6.45, 7) is 1.73. The van der Waals surface area contributed by atoms with Crippen molar-refractivity contribution in [3.8, 4) is 0 Å². The van der Waals surface area contributed by atoms with E-state index in [1.807, 2.05) is 0 Å². The van der Waals surface area contributed by atoms with Gasteiger partial charge in [-0.3, -0.25) is 0 Å². The molecule has 2 aromatic rings. The molecule has 7 nitrogen and oxygen atoms in total. The van der Waals surface area contributed by atoms with Gasteiger partial charge in [-0.25, -0.2) is 17.9 Å². The molecular formula is C13H14N2O5S. The fourth-order valence-electron chi connectivity index (χ4n) is 1.75. The number of nitrogen functional groups attached to an aromatic ring is 1. The molecular weight excluding hydrogens is 296 g/mol. The standard InChI is InChI=1S/C13H14N2O5S/c1-8-2-4-10(20-8)7-15-21(18,19)12-5-3-9(13(16)17)6-11(12)14/h2-6,15H,7,14H2,1H3,(H,16,17). The number of aromatic carboxylic acids is 1. The number of anilines is 1. The van der Waals surface area contributed by atoms with Crippen LogP contribution in [0.1, 0.15) is 21.9 Å². The van der Waals surface area contributed by atoms with Gasteiger partial charge in [-0.2, -0.15) is 0 Å². The number of nitrogens with two attached hydrogens (primary N) is 1. The van der Waals surface area contributed by atoms with E-state index in [9.17, 15) is 13.2 Å². The van der Waals surface area contributed by atoms with E-state index in [0.717, 1.165) is 12.1 Å². The van der Waals surface area contributed by atoms with E-state index in [4.69, 9.17) is 15.3 Å². The Morgan fingerprint density at radius 3 is 2.57 bits per heavy atom. The lowest BCUT2D eigenvalue weighted by Gasteiger charge is -2.08. The molecule has 112 valence electrons. The monoisotopic (exact) mass is 310 g/mol. The molecule has 2 rings (SSSR count). The summed E-state index contributed by atoms with van der Waals surface area (Å²) in [6, 6.07) is 6.83. The fourth-order valence-corrected chi connectivity index (χ4v) is 2.85. The maximum absolute atomic E-state index is 12.1. The summed E-state index contributed by atoms with van der Waals surface area (Å²) < 4.78 is 31.9. The Bertz CT molecular complexity index is 780. The van der Waals surface area contributed by atoms with Gasteiger partial charge in [-0.05, 0) is 37.3 Å². The van der Waals surface area contributed by atoms with Crippen molar-refractivity contribution in [3.05, 3.63) is 47.4 Å². The van der Waals surface area contributed by atoms with Gasteiger partial charge >= 0.3 is 5.97 Å². The highest BCUT2D eigenvalue weighted by atomic mass is 32.2. The molecule has 0 unspecified atom stereocenters. The highest BCUT2D eigenvalue weighted by Crippen LogP contribution is 2.20. The van der Waals surface area contributed by atoms with E-state index < -0.39 is 16.0 Å². The van der Waals surface area contributed by atoms with E-state index in [2.05, 4.69) is 4.72 Å². The van der Waals surface area contributed by atoms with Crippen LogP contribution in [0.3, 0.4) is 0 Å². The molecule has 21 heavy (non-hydrogen) atoms. The number of carboxylic acids is 1. The summed E-state index contributed by atoms with van der Waals surface area (Å²) in [4.78, 5) is 10.6. The van der Waals surface area contributed by atoms with Gasteiger partial charge in [0.15, 0.2) is 0 Å². The van der Waals surface area contributed by atoms with Crippen LogP contribution in [0.2, 0.25) is 0 Å². The van der Waals surface area contributed by atoms with Crippen LogP contribution in [-0.4, -0.2) is 19.5 Å². The molecule has 0 amide bonds. The van der Waals surface area contributed by atoms with Crippen molar-refractivity contribution in [1.29, 1.82) is 0 Å². The molecule has 0 spiro atoms. The van der Waals surface area contributed by atoms with Gasteiger partial charge in [0.05, 0.1) is 17.8 Å².